The fourth-order valence-corrected chi connectivity index (χ4v) is 6.79. The summed E-state index contributed by atoms with van der Waals surface area (Å²) in [5.41, 5.74) is 7.25. The molecule has 3 nitrogen and oxygen atoms in total. The molecular weight excluding hydrogens is 408 g/mol. The standard InChI is InChI=1S/C30H22O3/c1-17(31)33-25-16-8-14-23-27-22-13-6-7-15-24(22)30(32,29(23)25)28-20-11-4-2-9-18(20)26(27)19-10-3-5-12-21(19)28/h2-16,26-28,32H,1H3. The molecular formula is C30H22O3. The van der Waals surface area contributed by atoms with Crippen molar-refractivity contribution < 1.29 is 14.6 Å². The lowest BCUT2D eigenvalue weighted by molar-refractivity contribution is -0.132. The molecule has 1 N–H and O–H groups in total. The highest BCUT2D eigenvalue weighted by molar-refractivity contribution is 5.74. The fourth-order valence-electron chi connectivity index (χ4n) is 6.79. The van der Waals surface area contributed by atoms with E-state index in [4.69, 9.17) is 4.74 Å². The van der Waals surface area contributed by atoms with Crippen LogP contribution in [0.2, 0.25) is 0 Å². The number of hydrogen-bond acceptors (Lipinski definition) is 3. The average Bonchev–Trinajstić information content (AvgIpc) is 2.82. The molecule has 4 bridgehead atoms. The van der Waals surface area contributed by atoms with Crippen LogP contribution in [0.3, 0.4) is 0 Å². The van der Waals surface area contributed by atoms with E-state index in [9.17, 15) is 9.90 Å². The molecule has 10 rings (SSSR count). The van der Waals surface area contributed by atoms with Crippen molar-refractivity contribution in [2.75, 3.05) is 0 Å². The highest BCUT2D eigenvalue weighted by Crippen LogP contribution is 2.66. The largest absolute Gasteiger partial charge is 0.426 e. The number of ether oxygens (including phenoxy) is 1. The molecule has 0 saturated carbocycles. The van der Waals surface area contributed by atoms with Gasteiger partial charge in [-0.05, 0) is 45.0 Å². The predicted molar refractivity (Wildman–Crippen MR) is 126 cm³/mol. The van der Waals surface area contributed by atoms with Crippen LogP contribution in [0.1, 0.15) is 69.2 Å². The quantitative estimate of drug-likeness (QED) is 0.317. The molecule has 0 aliphatic heterocycles. The Labute approximate surface area is 192 Å². The molecule has 0 aromatic heterocycles. The van der Waals surface area contributed by atoms with Crippen molar-refractivity contribution in [2.24, 2.45) is 0 Å². The number of carbonyl (C=O) groups is 1. The number of carbonyl (C=O) groups excluding carboxylic acids is 1. The van der Waals surface area contributed by atoms with Gasteiger partial charge in [0.2, 0.25) is 0 Å². The monoisotopic (exact) mass is 430 g/mol. The molecule has 3 heteroatoms. The molecule has 0 amide bonds. The van der Waals surface area contributed by atoms with Crippen LogP contribution in [0.15, 0.2) is 91.0 Å². The van der Waals surface area contributed by atoms with Gasteiger partial charge in [-0.2, -0.15) is 0 Å². The smallest absolute Gasteiger partial charge is 0.308 e. The summed E-state index contributed by atoms with van der Waals surface area (Å²) in [7, 11) is 0. The van der Waals surface area contributed by atoms with Gasteiger partial charge in [0.05, 0.1) is 0 Å². The molecule has 0 radical (unpaired) electrons. The first kappa shape index (κ1) is 18.8. The Morgan fingerprint density at radius 2 is 1.21 bits per heavy atom. The number of aliphatic hydroxyl groups is 1. The zero-order valence-corrected chi connectivity index (χ0v) is 18.2. The van der Waals surface area contributed by atoms with Crippen LogP contribution < -0.4 is 4.74 Å². The van der Waals surface area contributed by atoms with Gasteiger partial charge in [0.15, 0.2) is 0 Å². The van der Waals surface area contributed by atoms with Crippen LogP contribution in [0.25, 0.3) is 0 Å². The molecule has 0 fully saturated rings. The minimum atomic E-state index is -1.38. The Morgan fingerprint density at radius 1 is 0.697 bits per heavy atom. The zero-order chi connectivity index (χ0) is 22.3. The van der Waals surface area contributed by atoms with Gasteiger partial charge >= 0.3 is 5.97 Å². The Bertz CT molecular complexity index is 1420. The van der Waals surface area contributed by atoms with Gasteiger partial charge in [0, 0.05) is 30.2 Å². The Morgan fingerprint density at radius 3 is 1.85 bits per heavy atom. The van der Waals surface area contributed by atoms with Gasteiger partial charge in [0.1, 0.15) is 11.4 Å². The van der Waals surface area contributed by atoms with Crippen molar-refractivity contribution in [2.45, 2.75) is 30.3 Å². The van der Waals surface area contributed by atoms with E-state index in [0.29, 0.717) is 5.75 Å². The second-order valence-electron chi connectivity index (χ2n) is 9.31. The van der Waals surface area contributed by atoms with Crippen molar-refractivity contribution in [1.29, 1.82) is 0 Å². The third-order valence-corrected chi connectivity index (χ3v) is 7.77. The van der Waals surface area contributed by atoms with Crippen molar-refractivity contribution in [3.05, 3.63) is 136 Å². The van der Waals surface area contributed by atoms with Crippen molar-refractivity contribution in [3.63, 3.8) is 0 Å². The SMILES string of the molecule is CC(=O)Oc1cccc2c1C1(O)c3ccccc3C2C2c3ccccc3C1c1ccccc12. The van der Waals surface area contributed by atoms with Crippen LogP contribution in [-0.4, -0.2) is 11.1 Å². The van der Waals surface area contributed by atoms with Crippen LogP contribution >= 0.6 is 0 Å². The highest BCUT2D eigenvalue weighted by Gasteiger charge is 2.58. The summed E-state index contributed by atoms with van der Waals surface area (Å²) in [5.74, 6) is -0.158. The maximum atomic E-state index is 13.0. The third-order valence-electron chi connectivity index (χ3n) is 7.77. The Balaban J connectivity index is 1.69. The van der Waals surface area contributed by atoms with Crippen LogP contribution in [0.5, 0.6) is 5.75 Å². The van der Waals surface area contributed by atoms with Crippen LogP contribution in [0.4, 0.5) is 0 Å². The minimum Gasteiger partial charge on any atom is -0.426 e. The van der Waals surface area contributed by atoms with E-state index < -0.39 is 5.60 Å². The maximum absolute atomic E-state index is 13.0. The summed E-state index contributed by atoms with van der Waals surface area (Å²) in [6, 6.07) is 31.1. The Hall–Kier alpha value is -3.69. The second-order valence-corrected chi connectivity index (χ2v) is 9.31. The number of rotatable bonds is 1. The maximum Gasteiger partial charge on any atom is 0.308 e. The molecule has 0 spiro atoms. The summed E-state index contributed by atoms with van der Waals surface area (Å²) >= 11 is 0. The molecule has 2 unspecified atom stereocenters. The highest BCUT2D eigenvalue weighted by atomic mass is 16.5. The number of hydrogen-bond donors (Lipinski definition) is 1. The number of benzene rings is 4. The summed E-state index contributed by atoms with van der Waals surface area (Å²) in [6.45, 7) is 1.41. The van der Waals surface area contributed by atoms with Gasteiger partial charge in [-0.3, -0.25) is 4.79 Å². The van der Waals surface area contributed by atoms with E-state index in [1.165, 1.54) is 18.1 Å². The lowest BCUT2D eigenvalue weighted by atomic mass is 9.51. The normalized spacial score (nSPS) is 25.2. The van der Waals surface area contributed by atoms with Gasteiger partial charge in [-0.25, -0.2) is 0 Å². The van der Waals surface area contributed by atoms with E-state index in [0.717, 1.165) is 33.4 Å². The van der Waals surface area contributed by atoms with Gasteiger partial charge < -0.3 is 9.84 Å². The molecule has 6 aliphatic carbocycles. The summed E-state index contributed by atoms with van der Waals surface area (Å²) < 4.78 is 5.73. The fraction of sp³-hybridized carbons (Fsp3) is 0.167. The lowest BCUT2D eigenvalue weighted by Crippen LogP contribution is -2.47. The summed E-state index contributed by atoms with van der Waals surface area (Å²) in [5, 5.41) is 13.0. The molecule has 2 atom stereocenters. The van der Waals surface area contributed by atoms with Crippen molar-refractivity contribution in [3.8, 4) is 5.75 Å². The van der Waals surface area contributed by atoms with Gasteiger partial charge in [-0.1, -0.05) is 84.9 Å². The minimum absolute atomic E-state index is 0.00414. The molecule has 33 heavy (non-hydrogen) atoms. The van der Waals surface area contributed by atoms with E-state index in [1.807, 2.05) is 24.3 Å². The average molecular weight is 431 g/mol. The van der Waals surface area contributed by atoms with Gasteiger partial charge in [-0.15, -0.1) is 0 Å². The summed E-state index contributed by atoms with van der Waals surface area (Å²) in [6.07, 6.45) is 0. The first-order valence-corrected chi connectivity index (χ1v) is 11.4. The zero-order valence-electron chi connectivity index (χ0n) is 18.2. The topological polar surface area (TPSA) is 46.5 Å². The van der Waals surface area contributed by atoms with Crippen LogP contribution in [-0.2, 0) is 10.4 Å². The van der Waals surface area contributed by atoms with E-state index in [-0.39, 0.29) is 23.7 Å². The second kappa shape index (κ2) is 6.43. The molecule has 4 aromatic carbocycles. The van der Waals surface area contributed by atoms with Crippen LogP contribution in [0, 0.1) is 0 Å². The third kappa shape index (κ3) is 2.25. The predicted octanol–water partition coefficient (Wildman–Crippen LogP) is 5.58. The molecule has 0 saturated heterocycles. The molecule has 6 aliphatic rings. The molecule has 0 heterocycles. The number of esters is 1. The van der Waals surface area contributed by atoms with E-state index in [2.05, 4.69) is 66.7 Å². The van der Waals surface area contributed by atoms with E-state index >= 15 is 0 Å². The Kier molecular flexibility index (Phi) is 3.67. The first-order valence-electron chi connectivity index (χ1n) is 11.4. The first-order chi connectivity index (χ1) is 16.1. The summed E-state index contributed by atoms with van der Waals surface area (Å²) in [4.78, 5) is 12.1. The van der Waals surface area contributed by atoms with Crippen molar-refractivity contribution in [1.82, 2.24) is 0 Å². The lowest BCUT2D eigenvalue weighted by Gasteiger charge is -2.54. The van der Waals surface area contributed by atoms with Gasteiger partial charge in [0.25, 0.3) is 0 Å². The molecule has 160 valence electrons. The molecule has 4 aromatic rings. The van der Waals surface area contributed by atoms with Crippen molar-refractivity contribution >= 4 is 5.97 Å². The van der Waals surface area contributed by atoms with E-state index in [1.54, 1.807) is 0 Å².